The normalized spacial score (nSPS) is 11.7. The zero-order valence-electron chi connectivity index (χ0n) is 12.7. The van der Waals surface area contributed by atoms with E-state index in [1.165, 1.54) is 5.56 Å². The highest BCUT2D eigenvalue weighted by molar-refractivity contribution is 5.74. The Bertz CT molecular complexity index is 457. The molecule has 0 aliphatic heterocycles. The standard InChI is InChI=1S/C16H24N2O3/c1-3-12-5-7-14(8-6-12)11-18-16(21)17-10-13(4-2)9-15(19)20/h5-8,13H,3-4,9-11H2,1-2H3,(H,19,20)(H2,17,18,21). The summed E-state index contributed by atoms with van der Waals surface area (Å²) in [6.45, 7) is 4.86. The van der Waals surface area contributed by atoms with Gasteiger partial charge in [-0.15, -0.1) is 0 Å². The average Bonchev–Trinajstić information content (AvgIpc) is 2.49. The van der Waals surface area contributed by atoms with Gasteiger partial charge >= 0.3 is 12.0 Å². The van der Waals surface area contributed by atoms with Crippen LogP contribution in [0.5, 0.6) is 0 Å². The van der Waals surface area contributed by atoms with Crippen molar-refractivity contribution in [1.29, 1.82) is 0 Å². The van der Waals surface area contributed by atoms with Gasteiger partial charge in [-0.25, -0.2) is 4.79 Å². The Balaban J connectivity index is 2.31. The molecule has 21 heavy (non-hydrogen) atoms. The van der Waals surface area contributed by atoms with Crippen molar-refractivity contribution in [3.63, 3.8) is 0 Å². The molecule has 0 fully saturated rings. The van der Waals surface area contributed by atoms with E-state index >= 15 is 0 Å². The van der Waals surface area contributed by atoms with Gasteiger partial charge in [0.1, 0.15) is 0 Å². The fourth-order valence-electron chi connectivity index (χ4n) is 1.98. The molecular formula is C16H24N2O3. The highest BCUT2D eigenvalue weighted by Gasteiger charge is 2.12. The number of benzene rings is 1. The molecule has 0 aliphatic carbocycles. The minimum absolute atomic E-state index is 0.0305. The molecule has 1 aromatic carbocycles. The largest absolute Gasteiger partial charge is 0.481 e. The lowest BCUT2D eigenvalue weighted by atomic mass is 10.0. The first-order valence-electron chi connectivity index (χ1n) is 7.36. The Kier molecular flexibility index (Phi) is 7.29. The van der Waals surface area contributed by atoms with Crippen molar-refractivity contribution in [2.24, 2.45) is 5.92 Å². The van der Waals surface area contributed by atoms with E-state index in [0.717, 1.165) is 18.4 Å². The van der Waals surface area contributed by atoms with Crippen LogP contribution in [0.2, 0.25) is 0 Å². The van der Waals surface area contributed by atoms with Crippen LogP contribution in [0.4, 0.5) is 4.79 Å². The number of nitrogens with one attached hydrogen (secondary N) is 2. The first-order chi connectivity index (χ1) is 10.0. The van der Waals surface area contributed by atoms with E-state index in [4.69, 9.17) is 5.11 Å². The molecule has 0 saturated heterocycles. The molecule has 116 valence electrons. The van der Waals surface area contributed by atoms with Crippen LogP contribution in [-0.2, 0) is 17.8 Å². The monoisotopic (exact) mass is 292 g/mol. The number of carboxylic acid groups (broad SMARTS) is 1. The zero-order chi connectivity index (χ0) is 15.7. The van der Waals surface area contributed by atoms with Crippen molar-refractivity contribution in [2.45, 2.75) is 39.7 Å². The van der Waals surface area contributed by atoms with Gasteiger partial charge in [-0.3, -0.25) is 4.79 Å². The van der Waals surface area contributed by atoms with Crippen molar-refractivity contribution < 1.29 is 14.7 Å². The molecule has 0 saturated carbocycles. The summed E-state index contributed by atoms with van der Waals surface area (Å²) < 4.78 is 0. The Hall–Kier alpha value is -2.04. The van der Waals surface area contributed by atoms with Crippen LogP contribution in [0.25, 0.3) is 0 Å². The molecule has 0 spiro atoms. The molecule has 1 atom stereocenters. The second kappa shape index (κ2) is 9.00. The first-order valence-corrected chi connectivity index (χ1v) is 7.36. The van der Waals surface area contributed by atoms with E-state index in [9.17, 15) is 9.59 Å². The number of aliphatic carboxylic acids is 1. The minimum Gasteiger partial charge on any atom is -0.481 e. The third-order valence-electron chi connectivity index (χ3n) is 3.48. The number of carboxylic acids is 1. The molecule has 5 heteroatoms. The predicted octanol–water partition coefficient (Wildman–Crippen LogP) is 2.55. The fraction of sp³-hybridized carbons (Fsp3) is 0.500. The van der Waals surface area contributed by atoms with Crippen LogP contribution < -0.4 is 10.6 Å². The molecule has 0 aliphatic rings. The summed E-state index contributed by atoms with van der Waals surface area (Å²) in [5.74, 6) is -0.864. The maximum Gasteiger partial charge on any atom is 0.315 e. The summed E-state index contributed by atoms with van der Waals surface area (Å²) in [6.07, 6.45) is 1.80. The highest BCUT2D eigenvalue weighted by atomic mass is 16.4. The van der Waals surface area contributed by atoms with Crippen molar-refractivity contribution in [3.05, 3.63) is 35.4 Å². The Labute approximate surface area is 125 Å². The summed E-state index contributed by atoms with van der Waals surface area (Å²) >= 11 is 0. The minimum atomic E-state index is -0.833. The molecule has 0 heterocycles. The van der Waals surface area contributed by atoms with Crippen molar-refractivity contribution in [3.8, 4) is 0 Å². The van der Waals surface area contributed by atoms with E-state index in [1.807, 2.05) is 19.1 Å². The SMILES string of the molecule is CCc1ccc(CNC(=O)NCC(CC)CC(=O)O)cc1. The van der Waals surface area contributed by atoms with Crippen LogP contribution in [0.1, 0.15) is 37.8 Å². The molecule has 1 aromatic rings. The number of carbonyl (C=O) groups excluding carboxylic acids is 1. The lowest BCUT2D eigenvalue weighted by molar-refractivity contribution is -0.138. The molecule has 2 amide bonds. The summed E-state index contributed by atoms with van der Waals surface area (Å²) in [6, 6.07) is 7.83. The van der Waals surface area contributed by atoms with Gasteiger partial charge in [0.05, 0.1) is 0 Å². The van der Waals surface area contributed by atoms with Crippen LogP contribution in [-0.4, -0.2) is 23.7 Å². The van der Waals surface area contributed by atoms with Gasteiger partial charge in [-0.2, -0.15) is 0 Å². The number of hydrogen-bond acceptors (Lipinski definition) is 2. The van der Waals surface area contributed by atoms with Gasteiger partial charge in [0.2, 0.25) is 0 Å². The number of hydrogen-bond donors (Lipinski definition) is 3. The molecule has 1 unspecified atom stereocenters. The smallest absolute Gasteiger partial charge is 0.315 e. The molecule has 0 aromatic heterocycles. The third-order valence-corrected chi connectivity index (χ3v) is 3.48. The predicted molar refractivity (Wildman–Crippen MR) is 82.1 cm³/mol. The lowest BCUT2D eigenvalue weighted by Gasteiger charge is -2.14. The van der Waals surface area contributed by atoms with E-state index < -0.39 is 5.97 Å². The van der Waals surface area contributed by atoms with E-state index in [1.54, 1.807) is 0 Å². The topological polar surface area (TPSA) is 78.4 Å². The summed E-state index contributed by atoms with van der Waals surface area (Å²) in [5.41, 5.74) is 2.31. The number of carbonyl (C=O) groups is 2. The molecule has 3 N–H and O–H groups in total. The molecule has 5 nitrogen and oxygen atoms in total. The number of rotatable bonds is 8. The lowest BCUT2D eigenvalue weighted by Crippen LogP contribution is -2.38. The number of urea groups is 1. The first kappa shape index (κ1) is 17.0. The van der Waals surface area contributed by atoms with Gasteiger partial charge < -0.3 is 15.7 Å². The van der Waals surface area contributed by atoms with Crippen LogP contribution in [0.15, 0.2) is 24.3 Å². The maximum atomic E-state index is 11.7. The second-order valence-corrected chi connectivity index (χ2v) is 5.11. The van der Waals surface area contributed by atoms with E-state index in [2.05, 4.69) is 29.7 Å². The summed E-state index contributed by atoms with van der Waals surface area (Å²) in [5, 5.41) is 14.2. The Morgan fingerprint density at radius 1 is 1.10 bits per heavy atom. The van der Waals surface area contributed by atoms with Crippen molar-refractivity contribution in [1.82, 2.24) is 10.6 Å². The number of aryl methyl sites for hydroxylation is 1. The van der Waals surface area contributed by atoms with Gasteiger partial charge in [0.25, 0.3) is 0 Å². The molecule has 1 rings (SSSR count). The maximum absolute atomic E-state index is 11.7. The van der Waals surface area contributed by atoms with E-state index in [-0.39, 0.29) is 18.4 Å². The molecule has 0 bridgehead atoms. The van der Waals surface area contributed by atoms with Gasteiger partial charge in [0.15, 0.2) is 0 Å². The fourth-order valence-corrected chi connectivity index (χ4v) is 1.98. The quantitative estimate of drug-likeness (QED) is 0.689. The van der Waals surface area contributed by atoms with Crippen molar-refractivity contribution in [2.75, 3.05) is 6.54 Å². The average molecular weight is 292 g/mol. The molecule has 0 radical (unpaired) electrons. The van der Waals surface area contributed by atoms with Crippen molar-refractivity contribution >= 4 is 12.0 Å². The number of amides is 2. The summed E-state index contributed by atoms with van der Waals surface area (Å²) in [7, 11) is 0. The molecular weight excluding hydrogens is 268 g/mol. The Morgan fingerprint density at radius 3 is 2.24 bits per heavy atom. The van der Waals surface area contributed by atoms with Gasteiger partial charge in [-0.05, 0) is 23.5 Å². The second-order valence-electron chi connectivity index (χ2n) is 5.11. The van der Waals surface area contributed by atoms with Gasteiger partial charge in [-0.1, -0.05) is 44.5 Å². The van der Waals surface area contributed by atoms with Crippen LogP contribution >= 0.6 is 0 Å². The van der Waals surface area contributed by atoms with Crippen LogP contribution in [0, 0.1) is 5.92 Å². The Morgan fingerprint density at radius 2 is 1.71 bits per heavy atom. The third kappa shape index (κ3) is 6.79. The van der Waals surface area contributed by atoms with Crippen LogP contribution in [0.3, 0.4) is 0 Å². The zero-order valence-corrected chi connectivity index (χ0v) is 12.7. The van der Waals surface area contributed by atoms with E-state index in [0.29, 0.717) is 13.1 Å². The summed E-state index contributed by atoms with van der Waals surface area (Å²) in [4.78, 5) is 22.3. The van der Waals surface area contributed by atoms with Gasteiger partial charge in [0, 0.05) is 19.5 Å². The highest BCUT2D eigenvalue weighted by Crippen LogP contribution is 2.07.